The van der Waals surface area contributed by atoms with Crippen molar-refractivity contribution in [1.29, 1.82) is 0 Å². The second-order valence-corrected chi connectivity index (χ2v) is 6.62. The van der Waals surface area contributed by atoms with E-state index < -0.39 is 0 Å². The van der Waals surface area contributed by atoms with Crippen molar-refractivity contribution < 1.29 is 18.5 Å². The van der Waals surface area contributed by atoms with Gasteiger partial charge in [-0.25, -0.2) is 4.98 Å². The summed E-state index contributed by atoms with van der Waals surface area (Å²) >= 11 is 0. The zero-order chi connectivity index (χ0) is 20.9. The smallest absolute Gasteiger partial charge is 0.259 e. The predicted octanol–water partition coefficient (Wildman–Crippen LogP) is 3.78. The van der Waals surface area contributed by atoms with E-state index in [0.717, 1.165) is 5.56 Å². The molecule has 3 heterocycles. The Hall–Kier alpha value is -4.05. The maximum atomic E-state index is 12.9. The van der Waals surface area contributed by atoms with Gasteiger partial charge in [-0.1, -0.05) is 23.2 Å². The molecule has 0 aliphatic carbocycles. The number of amides is 1. The van der Waals surface area contributed by atoms with Crippen LogP contribution in [0.3, 0.4) is 0 Å². The molecule has 0 saturated heterocycles. The van der Waals surface area contributed by atoms with Crippen molar-refractivity contribution in [3.05, 3.63) is 65.5 Å². The van der Waals surface area contributed by atoms with Gasteiger partial charge >= 0.3 is 0 Å². The molecule has 0 saturated carbocycles. The zero-order valence-electron chi connectivity index (χ0n) is 16.3. The third-order valence-corrected chi connectivity index (χ3v) is 4.58. The number of terminal acetylenes is 1. The van der Waals surface area contributed by atoms with Crippen molar-refractivity contribution >= 4 is 17.0 Å². The number of hydrogen-bond acceptors (Lipinski definition) is 6. The molecule has 4 aromatic rings. The lowest BCUT2D eigenvalue weighted by Gasteiger charge is -2.08. The zero-order valence-corrected chi connectivity index (χ0v) is 16.3. The summed E-state index contributed by atoms with van der Waals surface area (Å²) in [7, 11) is 0. The van der Waals surface area contributed by atoms with Crippen LogP contribution in [0.1, 0.15) is 21.6 Å². The Morgan fingerprint density at radius 1 is 1.27 bits per heavy atom. The summed E-state index contributed by atoms with van der Waals surface area (Å²) < 4.78 is 16.1. The molecule has 0 radical (unpaired) electrons. The Labute approximate surface area is 173 Å². The maximum Gasteiger partial charge on any atom is 0.259 e. The molecule has 0 spiro atoms. The molecule has 7 nitrogen and oxygen atoms in total. The van der Waals surface area contributed by atoms with Gasteiger partial charge in [0.1, 0.15) is 18.1 Å². The summed E-state index contributed by atoms with van der Waals surface area (Å²) in [6, 6.07) is 12.8. The van der Waals surface area contributed by atoms with E-state index in [4.69, 9.17) is 20.1 Å². The fourth-order valence-corrected chi connectivity index (χ4v) is 3.12. The molecule has 1 N–H and O–H groups in total. The number of carbonyl (C=O) groups is 1. The molecule has 0 bridgehead atoms. The van der Waals surface area contributed by atoms with Crippen LogP contribution in [0, 0.1) is 19.3 Å². The molecular weight excluding hydrogens is 382 g/mol. The second kappa shape index (κ2) is 8.53. The van der Waals surface area contributed by atoms with Crippen LogP contribution in [0.25, 0.3) is 22.6 Å². The van der Waals surface area contributed by atoms with E-state index in [1.165, 1.54) is 0 Å². The number of nitrogens with one attached hydrogen (secondary N) is 1. The molecule has 1 amide bonds. The number of furan rings is 1. The Morgan fingerprint density at radius 3 is 2.83 bits per heavy atom. The first-order chi connectivity index (χ1) is 14.7. The van der Waals surface area contributed by atoms with Crippen molar-refractivity contribution in [2.75, 3.05) is 13.2 Å². The van der Waals surface area contributed by atoms with Crippen molar-refractivity contribution in [3.63, 3.8) is 0 Å². The summed E-state index contributed by atoms with van der Waals surface area (Å²) in [5, 5.41) is 7.49. The van der Waals surface area contributed by atoms with Gasteiger partial charge in [-0.05, 0) is 49.2 Å². The summed E-state index contributed by atoms with van der Waals surface area (Å²) in [6.07, 6.45) is 7.41. The molecule has 0 unspecified atom stereocenters. The van der Waals surface area contributed by atoms with Gasteiger partial charge in [0.25, 0.3) is 11.6 Å². The van der Waals surface area contributed by atoms with Crippen LogP contribution in [0.15, 0.2) is 57.7 Å². The van der Waals surface area contributed by atoms with E-state index in [2.05, 4.69) is 21.4 Å². The monoisotopic (exact) mass is 401 g/mol. The lowest BCUT2D eigenvalue weighted by Crippen LogP contribution is -2.26. The van der Waals surface area contributed by atoms with E-state index in [1.54, 1.807) is 31.4 Å². The van der Waals surface area contributed by atoms with Crippen LogP contribution in [0.4, 0.5) is 0 Å². The lowest BCUT2D eigenvalue weighted by molar-refractivity contribution is 0.0955. The van der Waals surface area contributed by atoms with E-state index in [-0.39, 0.29) is 12.5 Å². The molecule has 4 rings (SSSR count). The summed E-state index contributed by atoms with van der Waals surface area (Å²) in [4.78, 5) is 17.3. The van der Waals surface area contributed by atoms with Crippen molar-refractivity contribution in [1.82, 2.24) is 15.5 Å². The highest BCUT2D eigenvalue weighted by atomic mass is 16.5. The normalized spacial score (nSPS) is 10.7. The minimum atomic E-state index is -0.226. The fraction of sp³-hybridized carbons (Fsp3) is 0.174. The standard InChI is InChI=1S/C23H19N3O4/c1-3-12-28-17-8-6-16(7-9-17)10-11-24-22(27)18-14-19(20-5-4-13-29-20)25-23-21(18)15(2)26-30-23/h1,4-9,13-14H,10-12H2,2H3,(H,24,27). The van der Waals surface area contributed by atoms with Gasteiger partial charge in [-0.3, -0.25) is 4.79 Å². The van der Waals surface area contributed by atoms with Crippen LogP contribution >= 0.6 is 0 Å². The van der Waals surface area contributed by atoms with E-state index in [0.29, 0.717) is 52.5 Å². The molecule has 0 fully saturated rings. The number of aryl methyl sites for hydroxylation is 1. The first-order valence-electron chi connectivity index (χ1n) is 9.40. The van der Waals surface area contributed by atoms with Gasteiger partial charge in [0.05, 0.1) is 22.9 Å². The number of rotatable bonds is 7. The molecule has 7 heteroatoms. The van der Waals surface area contributed by atoms with Gasteiger partial charge in [-0.2, -0.15) is 0 Å². The van der Waals surface area contributed by atoms with Crippen LogP contribution in [-0.4, -0.2) is 29.2 Å². The number of nitrogens with zero attached hydrogens (tertiary/aromatic N) is 2. The number of benzene rings is 1. The first-order valence-corrected chi connectivity index (χ1v) is 9.40. The van der Waals surface area contributed by atoms with Crippen LogP contribution < -0.4 is 10.1 Å². The SMILES string of the molecule is C#CCOc1ccc(CCNC(=O)c2cc(-c3ccco3)nc3onc(C)c23)cc1. The first kappa shape index (κ1) is 19.3. The van der Waals surface area contributed by atoms with E-state index in [9.17, 15) is 4.79 Å². The third-order valence-electron chi connectivity index (χ3n) is 4.58. The molecule has 0 atom stereocenters. The molecule has 150 valence electrons. The minimum absolute atomic E-state index is 0.226. The van der Waals surface area contributed by atoms with Crippen LogP contribution in [-0.2, 0) is 6.42 Å². The number of fused-ring (bicyclic) bond motifs is 1. The molecule has 0 aliphatic heterocycles. The Bertz CT molecular complexity index is 1200. The van der Waals surface area contributed by atoms with Gasteiger partial charge in [0.2, 0.25) is 0 Å². The average Bonchev–Trinajstić information content (AvgIpc) is 3.43. The van der Waals surface area contributed by atoms with Gasteiger partial charge < -0.3 is 19.0 Å². The molecule has 1 aromatic carbocycles. The van der Waals surface area contributed by atoms with Gasteiger partial charge in [-0.15, -0.1) is 6.42 Å². The molecule has 30 heavy (non-hydrogen) atoms. The van der Waals surface area contributed by atoms with Crippen LogP contribution in [0.2, 0.25) is 0 Å². The lowest BCUT2D eigenvalue weighted by atomic mass is 10.1. The average molecular weight is 401 g/mol. The molecule has 0 aliphatic rings. The number of aromatic nitrogens is 2. The van der Waals surface area contributed by atoms with E-state index in [1.807, 2.05) is 24.3 Å². The van der Waals surface area contributed by atoms with Crippen molar-refractivity contribution in [2.24, 2.45) is 0 Å². The van der Waals surface area contributed by atoms with E-state index >= 15 is 0 Å². The molecule has 3 aromatic heterocycles. The van der Waals surface area contributed by atoms with Gasteiger partial charge in [0, 0.05) is 6.54 Å². The highest BCUT2D eigenvalue weighted by molar-refractivity contribution is 6.06. The predicted molar refractivity (Wildman–Crippen MR) is 111 cm³/mol. The topological polar surface area (TPSA) is 90.4 Å². The number of ether oxygens (including phenoxy) is 1. The third kappa shape index (κ3) is 4.03. The highest BCUT2D eigenvalue weighted by Crippen LogP contribution is 2.27. The fourth-order valence-electron chi connectivity index (χ4n) is 3.12. The highest BCUT2D eigenvalue weighted by Gasteiger charge is 2.20. The quantitative estimate of drug-likeness (QED) is 0.474. The summed E-state index contributed by atoms with van der Waals surface area (Å²) in [5.74, 6) is 3.47. The number of hydrogen-bond donors (Lipinski definition) is 1. The Morgan fingerprint density at radius 2 is 2.10 bits per heavy atom. The number of pyridine rings is 1. The van der Waals surface area contributed by atoms with Crippen molar-refractivity contribution in [2.45, 2.75) is 13.3 Å². The van der Waals surface area contributed by atoms with Crippen LogP contribution in [0.5, 0.6) is 5.75 Å². The largest absolute Gasteiger partial charge is 0.481 e. The minimum Gasteiger partial charge on any atom is -0.481 e. The maximum absolute atomic E-state index is 12.9. The Kier molecular flexibility index (Phi) is 5.48. The van der Waals surface area contributed by atoms with Crippen molar-refractivity contribution in [3.8, 4) is 29.5 Å². The summed E-state index contributed by atoms with van der Waals surface area (Å²) in [6.45, 7) is 2.48. The second-order valence-electron chi connectivity index (χ2n) is 6.62. The summed E-state index contributed by atoms with van der Waals surface area (Å²) in [5.41, 5.74) is 2.94. The molecular formula is C23H19N3O4. The van der Waals surface area contributed by atoms with Gasteiger partial charge in [0.15, 0.2) is 5.76 Å². The number of carbonyl (C=O) groups excluding carboxylic acids is 1. The Balaban J connectivity index is 1.48.